The summed E-state index contributed by atoms with van der Waals surface area (Å²) in [6, 6.07) is 3.30. The number of carbonyl (C=O) groups excluding carboxylic acids is 1. The molecule has 0 aliphatic rings. The summed E-state index contributed by atoms with van der Waals surface area (Å²) in [5, 5.41) is 17.9. The molecule has 0 atom stereocenters. The summed E-state index contributed by atoms with van der Waals surface area (Å²) in [4.78, 5) is 11.6. The Hall–Kier alpha value is -1.07. The van der Waals surface area contributed by atoms with Crippen molar-refractivity contribution in [1.29, 1.82) is 0 Å². The van der Waals surface area contributed by atoms with Crippen LogP contribution >= 0.6 is 11.8 Å². The van der Waals surface area contributed by atoms with Crippen LogP contribution in [-0.4, -0.2) is 34.1 Å². The molecule has 0 spiro atoms. The monoisotopic (exact) mass is 244 g/mol. The minimum absolute atomic E-state index is 0.0106. The number of halogens is 1. The summed E-state index contributed by atoms with van der Waals surface area (Å²) >= 11 is 1.35. The summed E-state index contributed by atoms with van der Waals surface area (Å²) in [6.07, 6.45) is 0.618. The highest BCUT2D eigenvalue weighted by atomic mass is 32.2. The van der Waals surface area contributed by atoms with Gasteiger partial charge in [0.05, 0.1) is 11.3 Å². The van der Waals surface area contributed by atoms with E-state index in [2.05, 4.69) is 0 Å². The average Bonchev–Trinajstić information content (AvgIpc) is 2.27. The lowest BCUT2D eigenvalue weighted by Crippen LogP contribution is -2.04. The molecule has 16 heavy (non-hydrogen) atoms. The van der Waals surface area contributed by atoms with E-state index in [9.17, 15) is 14.3 Å². The van der Waals surface area contributed by atoms with Crippen molar-refractivity contribution in [3.63, 3.8) is 0 Å². The van der Waals surface area contributed by atoms with Gasteiger partial charge in [0.2, 0.25) is 0 Å². The number of aliphatic hydroxyl groups excluding tert-OH is 1. The van der Waals surface area contributed by atoms with E-state index in [0.29, 0.717) is 12.2 Å². The first-order valence-corrected chi connectivity index (χ1v) is 6.01. The molecule has 1 aromatic rings. The third kappa shape index (κ3) is 3.83. The minimum Gasteiger partial charge on any atom is -0.507 e. The summed E-state index contributed by atoms with van der Waals surface area (Å²) in [6.45, 7) is 0.0897. The van der Waals surface area contributed by atoms with Crippen LogP contribution in [0.4, 0.5) is 4.39 Å². The predicted octanol–water partition coefficient (Wildman–Crippen LogP) is 1.83. The highest BCUT2D eigenvalue weighted by molar-refractivity contribution is 7.99. The summed E-state index contributed by atoms with van der Waals surface area (Å²) in [5.74, 6) is -0.203. The van der Waals surface area contributed by atoms with E-state index in [1.807, 2.05) is 0 Å². The lowest BCUT2D eigenvalue weighted by atomic mass is 10.1. The van der Waals surface area contributed by atoms with Gasteiger partial charge in [-0.2, -0.15) is 11.8 Å². The molecule has 0 aliphatic heterocycles. The Balaban J connectivity index is 2.55. The Morgan fingerprint density at radius 1 is 1.44 bits per heavy atom. The number of hydrogen-bond donors (Lipinski definition) is 2. The van der Waals surface area contributed by atoms with Crippen LogP contribution in [0.3, 0.4) is 0 Å². The standard InChI is InChI=1S/C11H13FO3S/c12-8-2-3-10(14)9(6-8)11(15)7-16-5-1-4-13/h2-3,6,13-14H,1,4-5,7H2. The Bertz CT molecular complexity index is 368. The molecule has 0 amide bonds. The zero-order chi connectivity index (χ0) is 12.0. The van der Waals surface area contributed by atoms with Gasteiger partial charge in [0.1, 0.15) is 11.6 Å². The van der Waals surface area contributed by atoms with Gasteiger partial charge in [-0.3, -0.25) is 4.79 Å². The number of rotatable bonds is 6. The van der Waals surface area contributed by atoms with Crippen LogP contribution in [0.2, 0.25) is 0 Å². The van der Waals surface area contributed by atoms with Crippen molar-refractivity contribution in [2.75, 3.05) is 18.1 Å². The maximum absolute atomic E-state index is 12.8. The molecular formula is C11H13FO3S. The number of ketones is 1. The van der Waals surface area contributed by atoms with Crippen LogP contribution in [0.25, 0.3) is 0 Å². The fourth-order valence-electron chi connectivity index (χ4n) is 1.14. The molecule has 3 nitrogen and oxygen atoms in total. The van der Waals surface area contributed by atoms with Crippen LogP contribution in [0.1, 0.15) is 16.8 Å². The van der Waals surface area contributed by atoms with E-state index < -0.39 is 5.82 Å². The zero-order valence-electron chi connectivity index (χ0n) is 8.65. The van der Waals surface area contributed by atoms with Crippen molar-refractivity contribution in [2.24, 2.45) is 0 Å². The van der Waals surface area contributed by atoms with Crippen LogP contribution in [0.5, 0.6) is 5.75 Å². The molecule has 0 aromatic heterocycles. The maximum atomic E-state index is 12.8. The molecule has 0 radical (unpaired) electrons. The smallest absolute Gasteiger partial charge is 0.176 e. The lowest BCUT2D eigenvalue weighted by Gasteiger charge is -2.03. The van der Waals surface area contributed by atoms with Gasteiger partial charge in [-0.1, -0.05) is 0 Å². The second-order valence-electron chi connectivity index (χ2n) is 3.21. The number of benzene rings is 1. The first-order valence-electron chi connectivity index (χ1n) is 4.85. The predicted molar refractivity (Wildman–Crippen MR) is 61.4 cm³/mol. The third-order valence-corrected chi connectivity index (χ3v) is 2.98. The Morgan fingerprint density at radius 3 is 2.88 bits per heavy atom. The number of phenols is 1. The van der Waals surface area contributed by atoms with Crippen molar-refractivity contribution in [3.05, 3.63) is 29.6 Å². The number of aromatic hydroxyl groups is 1. The molecule has 0 unspecified atom stereocenters. The Labute approximate surface area is 97.3 Å². The van der Waals surface area contributed by atoms with Gasteiger partial charge < -0.3 is 10.2 Å². The minimum atomic E-state index is -0.540. The van der Waals surface area contributed by atoms with Crippen LogP contribution in [-0.2, 0) is 0 Å². The van der Waals surface area contributed by atoms with E-state index >= 15 is 0 Å². The summed E-state index contributed by atoms with van der Waals surface area (Å²) in [7, 11) is 0. The zero-order valence-corrected chi connectivity index (χ0v) is 9.47. The number of thioether (sulfide) groups is 1. The number of carbonyl (C=O) groups is 1. The molecule has 0 saturated heterocycles. The van der Waals surface area contributed by atoms with Gasteiger partial charge in [0.15, 0.2) is 5.78 Å². The van der Waals surface area contributed by atoms with E-state index in [-0.39, 0.29) is 29.5 Å². The number of aliphatic hydroxyl groups is 1. The van der Waals surface area contributed by atoms with Crippen molar-refractivity contribution >= 4 is 17.5 Å². The molecule has 0 fully saturated rings. The molecule has 2 N–H and O–H groups in total. The Morgan fingerprint density at radius 2 is 2.19 bits per heavy atom. The maximum Gasteiger partial charge on any atom is 0.176 e. The topological polar surface area (TPSA) is 57.5 Å². The van der Waals surface area contributed by atoms with Gasteiger partial charge in [0, 0.05) is 6.61 Å². The number of hydrogen-bond acceptors (Lipinski definition) is 4. The molecular weight excluding hydrogens is 231 g/mol. The summed E-state index contributed by atoms with van der Waals surface area (Å²) < 4.78 is 12.8. The molecule has 88 valence electrons. The molecule has 1 aromatic carbocycles. The SMILES string of the molecule is O=C(CSCCCO)c1cc(F)ccc1O. The van der Waals surface area contributed by atoms with Crippen molar-refractivity contribution in [3.8, 4) is 5.75 Å². The summed E-state index contributed by atoms with van der Waals surface area (Å²) in [5.41, 5.74) is 0.0106. The second kappa shape index (κ2) is 6.50. The van der Waals surface area contributed by atoms with Crippen molar-refractivity contribution in [1.82, 2.24) is 0 Å². The van der Waals surface area contributed by atoms with Crippen LogP contribution in [0.15, 0.2) is 18.2 Å². The Kier molecular flexibility index (Phi) is 5.28. The van der Waals surface area contributed by atoms with Crippen molar-refractivity contribution < 1.29 is 19.4 Å². The van der Waals surface area contributed by atoms with Crippen molar-refractivity contribution in [2.45, 2.75) is 6.42 Å². The van der Waals surface area contributed by atoms with Gasteiger partial charge in [-0.25, -0.2) is 4.39 Å². The molecule has 0 heterocycles. The molecule has 0 bridgehead atoms. The van der Waals surface area contributed by atoms with E-state index in [1.165, 1.54) is 17.8 Å². The number of Topliss-reactive ketones (excluding diaryl/α,β-unsaturated/α-hetero) is 1. The fourth-order valence-corrected chi connectivity index (χ4v) is 1.96. The largest absolute Gasteiger partial charge is 0.507 e. The molecule has 0 saturated carbocycles. The normalized spacial score (nSPS) is 10.4. The van der Waals surface area contributed by atoms with Crippen LogP contribution < -0.4 is 0 Å². The number of phenolic OH excluding ortho intramolecular Hbond substituents is 1. The lowest BCUT2D eigenvalue weighted by molar-refractivity contribution is 0.101. The first-order chi connectivity index (χ1) is 7.65. The van der Waals surface area contributed by atoms with E-state index in [1.54, 1.807) is 0 Å². The molecule has 0 aliphatic carbocycles. The second-order valence-corrected chi connectivity index (χ2v) is 4.32. The van der Waals surface area contributed by atoms with Gasteiger partial charge in [0.25, 0.3) is 0 Å². The molecule has 1 rings (SSSR count). The van der Waals surface area contributed by atoms with Gasteiger partial charge in [-0.05, 0) is 30.4 Å². The van der Waals surface area contributed by atoms with Crippen LogP contribution in [0, 0.1) is 5.82 Å². The van der Waals surface area contributed by atoms with Gasteiger partial charge in [-0.15, -0.1) is 0 Å². The van der Waals surface area contributed by atoms with Gasteiger partial charge >= 0.3 is 0 Å². The first kappa shape index (κ1) is 13.0. The quantitative estimate of drug-likeness (QED) is 0.592. The van der Waals surface area contributed by atoms with E-state index in [4.69, 9.17) is 5.11 Å². The highest BCUT2D eigenvalue weighted by Crippen LogP contribution is 2.20. The molecule has 5 heteroatoms. The fraction of sp³-hybridized carbons (Fsp3) is 0.364. The average molecular weight is 244 g/mol. The highest BCUT2D eigenvalue weighted by Gasteiger charge is 2.11. The third-order valence-electron chi connectivity index (χ3n) is 1.94. The van der Waals surface area contributed by atoms with E-state index in [0.717, 1.165) is 12.1 Å².